The highest BCUT2D eigenvalue weighted by atomic mass is 79.9. The van der Waals surface area contributed by atoms with Crippen LogP contribution in [-0.2, 0) is 32.6 Å². The zero-order chi connectivity index (χ0) is 36.8. The standard InChI is InChI=1S/C36H38BrClN4O7S/c1-24-11-17-29(21-30(24)42(45)46)50(47,48)41(31-20-28(38)16-18-33(31)49-5)23-34(43)40(22-26-12-14-27(37)15-13-26)32(35(44)39-36(2,3)4)19-25-9-7-6-8-10-25/h6-18,20-21,32H,19,22-23H2,1-5H3,(H,39,44)/t32-/m0/s1. The molecule has 4 aromatic rings. The van der Waals surface area contributed by atoms with Crippen LogP contribution in [0.3, 0.4) is 0 Å². The van der Waals surface area contributed by atoms with E-state index in [0.29, 0.717) is 5.56 Å². The normalized spacial score (nSPS) is 12.1. The Morgan fingerprint density at radius 2 is 1.64 bits per heavy atom. The van der Waals surface area contributed by atoms with E-state index < -0.39 is 55.5 Å². The molecule has 1 N–H and O–H groups in total. The number of methoxy groups -OCH3 is 1. The number of nitro groups is 1. The molecule has 0 aromatic heterocycles. The fraction of sp³-hybridized carbons (Fsp3) is 0.278. The topological polar surface area (TPSA) is 139 Å². The van der Waals surface area contributed by atoms with Gasteiger partial charge in [0.15, 0.2) is 0 Å². The van der Waals surface area contributed by atoms with Crippen LogP contribution in [-0.4, -0.2) is 55.3 Å². The summed E-state index contributed by atoms with van der Waals surface area (Å²) in [5, 5.41) is 14.9. The Labute approximate surface area is 305 Å². The zero-order valence-corrected chi connectivity index (χ0v) is 31.4. The minimum Gasteiger partial charge on any atom is -0.495 e. The van der Waals surface area contributed by atoms with Gasteiger partial charge >= 0.3 is 0 Å². The lowest BCUT2D eigenvalue weighted by molar-refractivity contribution is -0.385. The van der Waals surface area contributed by atoms with Crippen LogP contribution in [0.2, 0.25) is 5.02 Å². The molecule has 0 saturated carbocycles. The maximum atomic E-state index is 14.7. The van der Waals surface area contributed by atoms with Gasteiger partial charge in [0.25, 0.3) is 15.7 Å². The van der Waals surface area contributed by atoms with Gasteiger partial charge < -0.3 is 15.0 Å². The molecule has 50 heavy (non-hydrogen) atoms. The molecule has 0 bridgehead atoms. The molecule has 2 amide bonds. The van der Waals surface area contributed by atoms with Gasteiger partial charge in [-0.2, -0.15) is 0 Å². The highest BCUT2D eigenvalue weighted by Gasteiger charge is 2.37. The van der Waals surface area contributed by atoms with E-state index in [9.17, 15) is 28.1 Å². The third kappa shape index (κ3) is 9.61. The van der Waals surface area contributed by atoms with Crippen LogP contribution < -0.4 is 14.4 Å². The zero-order valence-electron chi connectivity index (χ0n) is 28.2. The van der Waals surface area contributed by atoms with Gasteiger partial charge in [-0.15, -0.1) is 0 Å². The van der Waals surface area contributed by atoms with E-state index in [1.807, 2.05) is 51.1 Å². The number of amides is 2. The number of nitrogens with one attached hydrogen (secondary N) is 1. The van der Waals surface area contributed by atoms with Gasteiger partial charge in [0, 0.05) is 39.6 Å². The van der Waals surface area contributed by atoms with Gasteiger partial charge in [0.2, 0.25) is 11.8 Å². The van der Waals surface area contributed by atoms with Gasteiger partial charge in [-0.1, -0.05) is 76.1 Å². The molecule has 0 aliphatic carbocycles. The van der Waals surface area contributed by atoms with Crippen molar-refractivity contribution in [3.05, 3.63) is 127 Å². The van der Waals surface area contributed by atoms with E-state index in [0.717, 1.165) is 20.4 Å². The molecule has 11 nitrogen and oxygen atoms in total. The van der Waals surface area contributed by atoms with Crippen molar-refractivity contribution in [3.8, 4) is 5.75 Å². The minimum atomic E-state index is -4.68. The van der Waals surface area contributed by atoms with Crippen LogP contribution in [0, 0.1) is 17.0 Å². The Kier molecular flexibility index (Phi) is 12.3. The number of hydrogen-bond donors (Lipinski definition) is 1. The molecule has 1 atom stereocenters. The number of ether oxygens (including phenoxy) is 1. The number of nitrogens with zero attached hydrogens (tertiary/aromatic N) is 3. The average molecular weight is 786 g/mol. The Bertz CT molecular complexity index is 1970. The Balaban J connectivity index is 1.90. The summed E-state index contributed by atoms with van der Waals surface area (Å²) in [6.07, 6.45) is 0.127. The second kappa shape index (κ2) is 16.0. The van der Waals surface area contributed by atoms with Crippen LogP contribution in [0.25, 0.3) is 0 Å². The first kappa shape index (κ1) is 38.3. The SMILES string of the molecule is COc1ccc(Cl)cc1N(CC(=O)N(Cc1ccc(Br)cc1)[C@@H](Cc1ccccc1)C(=O)NC(C)(C)C)S(=O)(=O)c1ccc(C)c([N+](=O)[O-])c1. The largest absolute Gasteiger partial charge is 0.495 e. The first-order chi connectivity index (χ1) is 23.5. The fourth-order valence-corrected chi connectivity index (χ4v) is 7.11. The maximum absolute atomic E-state index is 14.7. The minimum absolute atomic E-state index is 0.0439. The van der Waals surface area contributed by atoms with Crippen molar-refractivity contribution in [1.29, 1.82) is 0 Å². The van der Waals surface area contributed by atoms with Crippen LogP contribution in [0.4, 0.5) is 11.4 Å². The first-order valence-corrected chi connectivity index (χ1v) is 18.1. The van der Waals surface area contributed by atoms with E-state index in [4.69, 9.17) is 16.3 Å². The predicted molar refractivity (Wildman–Crippen MR) is 197 cm³/mol. The summed E-state index contributed by atoms with van der Waals surface area (Å²) in [5.41, 5.74) is 0.594. The number of rotatable bonds is 13. The van der Waals surface area contributed by atoms with Crippen LogP contribution >= 0.6 is 27.5 Å². The second-order valence-corrected chi connectivity index (χ2v) is 15.8. The van der Waals surface area contributed by atoms with Gasteiger partial charge in [-0.25, -0.2) is 8.42 Å². The highest BCUT2D eigenvalue weighted by Crippen LogP contribution is 2.36. The molecule has 4 rings (SSSR count). The molecule has 14 heteroatoms. The lowest BCUT2D eigenvalue weighted by Crippen LogP contribution is -2.56. The van der Waals surface area contributed by atoms with Crippen molar-refractivity contribution in [2.75, 3.05) is 18.0 Å². The molecular weight excluding hydrogens is 748 g/mol. The number of benzene rings is 4. The molecule has 4 aromatic carbocycles. The van der Waals surface area contributed by atoms with E-state index in [1.165, 1.54) is 49.3 Å². The number of halogens is 2. The van der Waals surface area contributed by atoms with Crippen molar-refractivity contribution in [3.63, 3.8) is 0 Å². The van der Waals surface area contributed by atoms with E-state index >= 15 is 0 Å². The molecule has 0 saturated heterocycles. The van der Waals surface area contributed by atoms with Crippen LogP contribution in [0.15, 0.2) is 100 Å². The Hall–Kier alpha value is -4.46. The van der Waals surface area contributed by atoms with Crippen molar-refractivity contribution in [2.24, 2.45) is 0 Å². The van der Waals surface area contributed by atoms with Crippen molar-refractivity contribution in [2.45, 2.75) is 57.1 Å². The van der Waals surface area contributed by atoms with Crippen molar-refractivity contribution in [1.82, 2.24) is 10.2 Å². The third-order valence-electron chi connectivity index (χ3n) is 7.69. The number of aryl methyl sites for hydroxylation is 1. The number of sulfonamides is 1. The monoisotopic (exact) mass is 784 g/mol. The molecule has 0 fully saturated rings. The molecular formula is C36H38BrClN4O7S. The number of carbonyl (C=O) groups excluding carboxylic acids is 2. The molecule has 0 heterocycles. The molecule has 264 valence electrons. The molecule has 0 aliphatic rings. The Morgan fingerprint density at radius 1 is 0.980 bits per heavy atom. The summed E-state index contributed by atoms with van der Waals surface area (Å²) in [4.78, 5) is 40.9. The fourth-order valence-electron chi connectivity index (χ4n) is 5.24. The van der Waals surface area contributed by atoms with Crippen LogP contribution in [0.5, 0.6) is 5.75 Å². The maximum Gasteiger partial charge on any atom is 0.273 e. The molecule has 0 aliphatic heterocycles. The Morgan fingerprint density at radius 3 is 2.24 bits per heavy atom. The van der Waals surface area contributed by atoms with Gasteiger partial charge in [0.05, 0.1) is 22.6 Å². The number of carbonyl (C=O) groups is 2. The number of nitro benzene ring substituents is 1. The lowest BCUT2D eigenvalue weighted by Gasteiger charge is -2.35. The van der Waals surface area contributed by atoms with E-state index in [2.05, 4.69) is 21.2 Å². The molecule has 0 radical (unpaired) electrons. The average Bonchev–Trinajstić information content (AvgIpc) is 3.05. The summed E-state index contributed by atoms with van der Waals surface area (Å²) >= 11 is 9.77. The van der Waals surface area contributed by atoms with Gasteiger partial charge in [-0.05, 0) is 75.2 Å². The number of anilines is 1. The highest BCUT2D eigenvalue weighted by molar-refractivity contribution is 9.10. The predicted octanol–water partition coefficient (Wildman–Crippen LogP) is 7.08. The summed E-state index contributed by atoms with van der Waals surface area (Å²) in [7, 11) is -3.34. The number of hydrogen-bond acceptors (Lipinski definition) is 7. The summed E-state index contributed by atoms with van der Waals surface area (Å²) < 4.78 is 36.1. The van der Waals surface area contributed by atoms with Gasteiger partial charge in [-0.3, -0.25) is 24.0 Å². The first-order valence-electron chi connectivity index (χ1n) is 15.5. The quantitative estimate of drug-likeness (QED) is 0.113. The summed E-state index contributed by atoms with van der Waals surface area (Å²) in [6, 6.07) is 23.1. The van der Waals surface area contributed by atoms with Crippen molar-refractivity contribution < 1.29 is 27.7 Å². The van der Waals surface area contributed by atoms with Gasteiger partial charge in [0.1, 0.15) is 18.3 Å². The smallest absolute Gasteiger partial charge is 0.273 e. The molecule has 0 spiro atoms. The van der Waals surface area contributed by atoms with E-state index in [-0.39, 0.29) is 35.0 Å². The van der Waals surface area contributed by atoms with E-state index in [1.54, 1.807) is 24.3 Å². The van der Waals surface area contributed by atoms with Crippen molar-refractivity contribution >= 4 is 60.7 Å². The summed E-state index contributed by atoms with van der Waals surface area (Å²) in [6.45, 7) is 6.12. The second-order valence-electron chi connectivity index (χ2n) is 12.6. The summed E-state index contributed by atoms with van der Waals surface area (Å²) in [5.74, 6) is -1.07. The third-order valence-corrected chi connectivity index (χ3v) is 10.2. The lowest BCUT2D eigenvalue weighted by atomic mass is 10.0. The molecule has 0 unspecified atom stereocenters. The van der Waals surface area contributed by atoms with Crippen LogP contribution in [0.1, 0.15) is 37.5 Å².